The number of carbonyl (C=O) groups excluding carboxylic acids is 2. The van der Waals surface area contributed by atoms with Crippen molar-refractivity contribution < 1.29 is 9.59 Å². The first kappa shape index (κ1) is 14.9. The number of nitrogen functional groups attached to an aromatic ring is 1. The summed E-state index contributed by atoms with van der Waals surface area (Å²) in [4.78, 5) is 28.4. The average Bonchev–Trinajstić information content (AvgIpc) is 2.72. The Hall–Kier alpha value is -2.12. The van der Waals surface area contributed by atoms with Gasteiger partial charge in [-0.3, -0.25) is 9.59 Å². The van der Waals surface area contributed by atoms with Gasteiger partial charge in [0.25, 0.3) is 0 Å². The average molecular weight is 268 g/mol. The Kier molecular flexibility index (Phi) is 5.28. The highest BCUT2D eigenvalue weighted by atomic mass is 16.2. The molecule has 1 rings (SSSR count). The lowest BCUT2D eigenvalue weighted by atomic mass is 10.2. The topological polar surface area (TPSA) is 106 Å². The molecule has 1 aromatic rings. The summed E-state index contributed by atoms with van der Waals surface area (Å²) >= 11 is 0. The van der Waals surface area contributed by atoms with Crippen LogP contribution in [0, 0.1) is 5.92 Å². The van der Waals surface area contributed by atoms with Crippen molar-refractivity contribution >= 4 is 17.8 Å². The number of nitrogens with two attached hydrogens (primary N) is 1. The van der Waals surface area contributed by atoms with Gasteiger partial charge in [-0.05, 0) is 5.92 Å². The molecule has 8 heteroatoms. The van der Waals surface area contributed by atoms with Crippen LogP contribution < -0.4 is 11.1 Å². The summed E-state index contributed by atoms with van der Waals surface area (Å²) in [5, 5.41) is 6.56. The third-order valence-corrected chi connectivity index (χ3v) is 2.37. The summed E-state index contributed by atoms with van der Waals surface area (Å²) in [7, 11) is 1.57. The number of amides is 2. The zero-order chi connectivity index (χ0) is 14.4. The van der Waals surface area contributed by atoms with E-state index in [0.717, 1.165) is 0 Å². The predicted molar refractivity (Wildman–Crippen MR) is 69.9 cm³/mol. The number of hydrogen-bond acceptors (Lipinski definition) is 5. The number of nitrogens with one attached hydrogen (secondary N) is 1. The number of aromatic nitrogens is 3. The second kappa shape index (κ2) is 6.72. The van der Waals surface area contributed by atoms with Gasteiger partial charge in [-0.25, -0.2) is 9.67 Å². The Balaban J connectivity index is 2.38. The maximum absolute atomic E-state index is 11.8. The molecule has 1 heterocycles. The first-order valence-electron chi connectivity index (χ1n) is 6.04. The number of rotatable bonds is 6. The number of nitrogens with zero attached hydrogens (tertiary/aromatic N) is 4. The first-order chi connectivity index (χ1) is 8.88. The number of likely N-dealkylation sites (N-methyl/N-ethyl adjacent to an activating group) is 1. The van der Waals surface area contributed by atoms with Crippen molar-refractivity contribution in [1.29, 1.82) is 0 Å². The van der Waals surface area contributed by atoms with Crippen LogP contribution >= 0.6 is 0 Å². The summed E-state index contributed by atoms with van der Waals surface area (Å²) in [6.07, 6.45) is 1.37. The van der Waals surface area contributed by atoms with E-state index in [9.17, 15) is 9.59 Å². The van der Waals surface area contributed by atoms with Crippen molar-refractivity contribution in [3.63, 3.8) is 0 Å². The van der Waals surface area contributed by atoms with Gasteiger partial charge in [0.15, 0.2) is 0 Å². The van der Waals surface area contributed by atoms with Gasteiger partial charge in [0.1, 0.15) is 12.9 Å². The molecule has 0 saturated carbocycles. The van der Waals surface area contributed by atoms with Crippen LogP contribution in [0.5, 0.6) is 0 Å². The molecule has 106 valence electrons. The molecule has 0 aliphatic rings. The van der Waals surface area contributed by atoms with Crippen LogP contribution in [0.1, 0.15) is 13.8 Å². The van der Waals surface area contributed by atoms with Crippen molar-refractivity contribution in [2.75, 3.05) is 25.9 Å². The highest BCUT2D eigenvalue weighted by Crippen LogP contribution is 1.94. The van der Waals surface area contributed by atoms with E-state index in [1.54, 1.807) is 7.05 Å². The largest absolute Gasteiger partial charge is 0.367 e. The van der Waals surface area contributed by atoms with Crippen LogP contribution in [0.3, 0.4) is 0 Å². The van der Waals surface area contributed by atoms with Gasteiger partial charge in [0.2, 0.25) is 17.8 Å². The van der Waals surface area contributed by atoms with E-state index < -0.39 is 0 Å². The molecule has 3 N–H and O–H groups in total. The van der Waals surface area contributed by atoms with E-state index in [-0.39, 0.29) is 30.9 Å². The zero-order valence-electron chi connectivity index (χ0n) is 11.5. The fourth-order valence-electron chi connectivity index (χ4n) is 1.32. The molecule has 1 aromatic heterocycles. The minimum absolute atomic E-state index is 0.0121. The molecule has 2 amide bonds. The monoisotopic (exact) mass is 268 g/mol. The van der Waals surface area contributed by atoms with Crippen LogP contribution in [0.15, 0.2) is 6.33 Å². The molecule has 0 unspecified atom stereocenters. The van der Waals surface area contributed by atoms with E-state index in [4.69, 9.17) is 5.73 Å². The van der Waals surface area contributed by atoms with Gasteiger partial charge in [0, 0.05) is 13.6 Å². The Morgan fingerprint density at radius 1 is 1.53 bits per heavy atom. The highest BCUT2D eigenvalue weighted by Gasteiger charge is 2.14. The maximum atomic E-state index is 11.8. The van der Waals surface area contributed by atoms with Crippen molar-refractivity contribution in [3.8, 4) is 0 Å². The molecular weight excluding hydrogens is 248 g/mol. The van der Waals surface area contributed by atoms with Gasteiger partial charge < -0.3 is 16.0 Å². The lowest BCUT2D eigenvalue weighted by Gasteiger charge is -2.17. The number of anilines is 1. The van der Waals surface area contributed by atoms with Crippen LogP contribution in [0.25, 0.3) is 0 Å². The third-order valence-electron chi connectivity index (χ3n) is 2.37. The van der Waals surface area contributed by atoms with E-state index >= 15 is 0 Å². The fourth-order valence-corrected chi connectivity index (χ4v) is 1.32. The van der Waals surface area contributed by atoms with E-state index in [1.165, 1.54) is 15.9 Å². The molecule has 0 atom stereocenters. The van der Waals surface area contributed by atoms with E-state index in [0.29, 0.717) is 12.5 Å². The molecule has 0 aliphatic carbocycles. The minimum Gasteiger partial charge on any atom is -0.367 e. The Morgan fingerprint density at radius 2 is 2.21 bits per heavy atom. The first-order valence-corrected chi connectivity index (χ1v) is 6.04. The number of carbonyl (C=O) groups is 2. The SMILES string of the molecule is CC(C)CNC(=O)CN(C)C(=O)Cn1cnc(N)n1. The summed E-state index contributed by atoms with van der Waals surface area (Å²) < 4.78 is 1.33. The van der Waals surface area contributed by atoms with Crippen molar-refractivity contribution in [3.05, 3.63) is 6.33 Å². The zero-order valence-corrected chi connectivity index (χ0v) is 11.5. The summed E-state index contributed by atoms with van der Waals surface area (Å²) in [6, 6.07) is 0. The molecular formula is C11H20N6O2. The Labute approximate surface area is 112 Å². The van der Waals surface area contributed by atoms with Crippen LogP contribution in [-0.4, -0.2) is 51.6 Å². The smallest absolute Gasteiger partial charge is 0.244 e. The van der Waals surface area contributed by atoms with Crippen molar-refractivity contribution in [2.24, 2.45) is 5.92 Å². The van der Waals surface area contributed by atoms with Gasteiger partial charge in [-0.1, -0.05) is 13.8 Å². The molecule has 0 aromatic carbocycles. The third kappa shape index (κ3) is 5.36. The molecule has 8 nitrogen and oxygen atoms in total. The maximum Gasteiger partial charge on any atom is 0.244 e. The quantitative estimate of drug-likeness (QED) is 0.695. The summed E-state index contributed by atoms with van der Waals surface area (Å²) in [6.45, 7) is 4.64. The second-order valence-corrected chi connectivity index (χ2v) is 4.75. The highest BCUT2D eigenvalue weighted by molar-refractivity contribution is 5.84. The lowest BCUT2D eigenvalue weighted by Crippen LogP contribution is -2.40. The minimum atomic E-state index is -0.232. The van der Waals surface area contributed by atoms with E-state index in [1.807, 2.05) is 13.8 Å². The summed E-state index contributed by atoms with van der Waals surface area (Å²) in [5.41, 5.74) is 5.35. The van der Waals surface area contributed by atoms with Crippen LogP contribution in [-0.2, 0) is 16.1 Å². The predicted octanol–water partition coefficient (Wildman–Crippen LogP) is -0.909. The molecule has 0 aliphatic heterocycles. The standard InChI is InChI=1S/C11H20N6O2/c1-8(2)4-13-9(18)5-16(3)10(19)6-17-7-14-11(12)15-17/h7-8H,4-6H2,1-3H3,(H2,12,15)(H,13,18). The normalized spacial score (nSPS) is 10.5. The molecule has 0 fully saturated rings. The van der Waals surface area contributed by atoms with Gasteiger partial charge in [-0.2, -0.15) is 0 Å². The molecule has 19 heavy (non-hydrogen) atoms. The lowest BCUT2D eigenvalue weighted by molar-refractivity contribution is -0.135. The second-order valence-electron chi connectivity index (χ2n) is 4.75. The molecule has 0 bridgehead atoms. The van der Waals surface area contributed by atoms with Crippen LogP contribution in [0.4, 0.5) is 5.95 Å². The van der Waals surface area contributed by atoms with Gasteiger partial charge >= 0.3 is 0 Å². The van der Waals surface area contributed by atoms with Gasteiger partial charge in [-0.15, -0.1) is 5.10 Å². The molecule has 0 spiro atoms. The molecule has 0 saturated heterocycles. The van der Waals surface area contributed by atoms with E-state index in [2.05, 4.69) is 15.4 Å². The summed E-state index contributed by atoms with van der Waals surface area (Å²) in [5.74, 6) is 0.0838. The molecule has 0 radical (unpaired) electrons. The Bertz CT molecular complexity index is 442. The van der Waals surface area contributed by atoms with Crippen molar-refractivity contribution in [1.82, 2.24) is 25.0 Å². The number of hydrogen-bond donors (Lipinski definition) is 2. The fraction of sp³-hybridized carbons (Fsp3) is 0.636. The van der Waals surface area contributed by atoms with Crippen LogP contribution in [0.2, 0.25) is 0 Å². The van der Waals surface area contributed by atoms with Gasteiger partial charge in [0.05, 0.1) is 6.54 Å². The Morgan fingerprint density at radius 3 is 2.74 bits per heavy atom. The van der Waals surface area contributed by atoms with Crippen molar-refractivity contribution in [2.45, 2.75) is 20.4 Å².